The van der Waals surface area contributed by atoms with Crippen molar-refractivity contribution in [1.82, 2.24) is 9.88 Å². The second-order valence-electron chi connectivity index (χ2n) is 7.34. The highest BCUT2D eigenvalue weighted by Crippen LogP contribution is 2.29. The van der Waals surface area contributed by atoms with Crippen molar-refractivity contribution < 1.29 is 18.7 Å². The Morgan fingerprint density at radius 1 is 1.32 bits per heavy atom. The van der Waals surface area contributed by atoms with Gasteiger partial charge in [0.05, 0.1) is 25.8 Å². The van der Waals surface area contributed by atoms with E-state index < -0.39 is 0 Å². The molecule has 1 aliphatic rings. The lowest BCUT2D eigenvalue weighted by Crippen LogP contribution is -2.40. The van der Waals surface area contributed by atoms with Gasteiger partial charge in [-0.3, -0.25) is 9.69 Å². The summed E-state index contributed by atoms with van der Waals surface area (Å²) in [5, 5.41) is 0. The third kappa shape index (κ3) is 4.73. The molecule has 1 aliphatic heterocycles. The molecule has 1 aromatic heterocycles. The summed E-state index contributed by atoms with van der Waals surface area (Å²) in [5.41, 5.74) is 2.91. The van der Waals surface area contributed by atoms with Gasteiger partial charge in [0.15, 0.2) is 0 Å². The van der Waals surface area contributed by atoms with Crippen LogP contribution in [0.4, 0.5) is 0 Å². The number of aryl methyl sites for hydroxylation is 2. The van der Waals surface area contributed by atoms with E-state index in [-0.39, 0.29) is 12.0 Å². The Labute approximate surface area is 166 Å². The zero-order chi connectivity index (χ0) is 20.1. The summed E-state index contributed by atoms with van der Waals surface area (Å²) in [6, 6.07) is 6.13. The molecule has 0 bridgehead atoms. The molecule has 6 heteroatoms. The maximum absolute atomic E-state index is 12.0. The minimum absolute atomic E-state index is 0.120. The largest absolute Gasteiger partial charge is 0.496 e. The van der Waals surface area contributed by atoms with E-state index in [0.29, 0.717) is 25.5 Å². The smallest absolute Gasteiger partial charge is 0.307 e. The van der Waals surface area contributed by atoms with Gasteiger partial charge < -0.3 is 13.9 Å². The van der Waals surface area contributed by atoms with Crippen LogP contribution in [0.1, 0.15) is 49.6 Å². The fourth-order valence-corrected chi connectivity index (χ4v) is 3.81. The number of hydrogen-bond acceptors (Lipinski definition) is 6. The summed E-state index contributed by atoms with van der Waals surface area (Å²) in [6.45, 7) is 7.89. The van der Waals surface area contributed by atoms with E-state index in [1.807, 2.05) is 39.0 Å². The Morgan fingerprint density at radius 2 is 2.14 bits per heavy atom. The number of ether oxygens (including phenoxy) is 2. The van der Waals surface area contributed by atoms with Gasteiger partial charge in [-0.2, -0.15) is 0 Å². The van der Waals surface area contributed by atoms with Crippen molar-refractivity contribution in [1.29, 1.82) is 0 Å². The molecule has 152 valence electrons. The van der Waals surface area contributed by atoms with Crippen LogP contribution in [0, 0.1) is 13.8 Å². The maximum Gasteiger partial charge on any atom is 0.307 e. The van der Waals surface area contributed by atoms with Crippen LogP contribution in [-0.4, -0.2) is 42.2 Å². The summed E-state index contributed by atoms with van der Waals surface area (Å²) in [7, 11) is 1.67. The summed E-state index contributed by atoms with van der Waals surface area (Å²) in [4.78, 5) is 19.1. The van der Waals surface area contributed by atoms with Gasteiger partial charge in [0.1, 0.15) is 11.5 Å². The molecule has 2 heterocycles. The number of hydrogen-bond donors (Lipinski definition) is 0. The summed E-state index contributed by atoms with van der Waals surface area (Å²) in [5.74, 6) is 2.18. The molecular weight excluding hydrogens is 356 g/mol. The number of likely N-dealkylation sites (tertiary alicyclic amines) is 1. The van der Waals surface area contributed by atoms with Gasteiger partial charge in [0, 0.05) is 18.2 Å². The molecule has 2 aromatic rings. The number of oxazole rings is 1. The van der Waals surface area contributed by atoms with E-state index in [1.165, 1.54) is 0 Å². The monoisotopic (exact) mass is 386 g/mol. The van der Waals surface area contributed by atoms with E-state index in [2.05, 4.69) is 4.90 Å². The molecule has 6 nitrogen and oxygen atoms in total. The Hall–Kier alpha value is -2.34. The molecule has 0 amide bonds. The second-order valence-corrected chi connectivity index (χ2v) is 7.34. The van der Waals surface area contributed by atoms with Crippen molar-refractivity contribution in [3.63, 3.8) is 0 Å². The zero-order valence-corrected chi connectivity index (χ0v) is 17.3. The van der Waals surface area contributed by atoms with E-state index >= 15 is 0 Å². The average Bonchev–Trinajstić information content (AvgIpc) is 3.04. The lowest BCUT2D eigenvalue weighted by atomic mass is 9.99. The van der Waals surface area contributed by atoms with Gasteiger partial charge >= 0.3 is 5.97 Å². The minimum atomic E-state index is -0.120. The number of methoxy groups -OCH3 is 1. The predicted molar refractivity (Wildman–Crippen MR) is 107 cm³/mol. The van der Waals surface area contributed by atoms with Crippen molar-refractivity contribution in [2.45, 2.75) is 59.0 Å². The van der Waals surface area contributed by atoms with E-state index in [0.717, 1.165) is 54.1 Å². The van der Waals surface area contributed by atoms with Gasteiger partial charge in [0.25, 0.3) is 0 Å². The number of carbonyl (C=O) groups is 1. The molecule has 3 rings (SSSR count). The van der Waals surface area contributed by atoms with E-state index in [1.54, 1.807) is 7.11 Å². The number of carbonyl (C=O) groups excluding carboxylic acids is 1. The van der Waals surface area contributed by atoms with Crippen LogP contribution in [0.15, 0.2) is 22.6 Å². The number of aromatic nitrogens is 1. The second kappa shape index (κ2) is 9.24. The van der Waals surface area contributed by atoms with Crippen LogP contribution < -0.4 is 4.74 Å². The molecule has 28 heavy (non-hydrogen) atoms. The first-order valence-electron chi connectivity index (χ1n) is 10.0. The normalized spacial score (nSPS) is 17.5. The Bertz CT molecular complexity index is 815. The van der Waals surface area contributed by atoms with Crippen LogP contribution in [-0.2, 0) is 16.1 Å². The highest BCUT2D eigenvalue weighted by atomic mass is 16.5. The van der Waals surface area contributed by atoms with Crippen LogP contribution in [0.5, 0.6) is 5.75 Å². The number of rotatable bonds is 7. The molecule has 1 saturated heterocycles. The molecule has 0 spiro atoms. The molecule has 0 radical (unpaired) electrons. The first kappa shape index (κ1) is 20.4. The van der Waals surface area contributed by atoms with Crippen molar-refractivity contribution >= 4 is 5.97 Å². The van der Waals surface area contributed by atoms with Crippen LogP contribution in [0.3, 0.4) is 0 Å². The van der Waals surface area contributed by atoms with Gasteiger partial charge in [-0.05, 0) is 63.9 Å². The highest BCUT2D eigenvalue weighted by molar-refractivity contribution is 5.70. The van der Waals surface area contributed by atoms with Gasteiger partial charge in [-0.1, -0.05) is 6.42 Å². The molecular formula is C22H30N2O4. The highest BCUT2D eigenvalue weighted by Gasteiger charge is 2.27. The molecule has 1 aromatic carbocycles. The average molecular weight is 386 g/mol. The van der Waals surface area contributed by atoms with Crippen LogP contribution in [0.25, 0.3) is 11.5 Å². The predicted octanol–water partition coefficient (Wildman–Crippen LogP) is 4.27. The summed E-state index contributed by atoms with van der Waals surface area (Å²) in [6.07, 6.45) is 3.74. The van der Waals surface area contributed by atoms with Crippen molar-refractivity contribution in [2.24, 2.45) is 0 Å². The SMILES string of the molecule is CCOC(=O)CC1CCCCN1Cc1nc(-c2ccc(OC)c(C)c2)oc1C. The fraction of sp³-hybridized carbons (Fsp3) is 0.545. The lowest BCUT2D eigenvalue weighted by Gasteiger charge is -2.34. The van der Waals surface area contributed by atoms with Crippen molar-refractivity contribution in [3.8, 4) is 17.2 Å². The quantitative estimate of drug-likeness (QED) is 0.662. The first-order valence-corrected chi connectivity index (χ1v) is 10.0. The van der Waals surface area contributed by atoms with Crippen LogP contribution in [0.2, 0.25) is 0 Å². The molecule has 0 N–H and O–H groups in total. The van der Waals surface area contributed by atoms with Gasteiger partial charge in [-0.25, -0.2) is 4.98 Å². The van der Waals surface area contributed by atoms with Crippen molar-refractivity contribution in [3.05, 3.63) is 35.2 Å². The third-order valence-corrected chi connectivity index (χ3v) is 5.34. The molecule has 1 unspecified atom stereocenters. The first-order chi connectivity index (χ1) is 13.5. The fourth-order valence-electron chi connectivity index (χ4n) is 3.81. The summed E-state index contributed by atoms with van der Waals surface area (Å²) < 4.78 is 16.4. The maximum atomic E-state index is 12.0. The molecule has 0 saturated carbocycles. The Balaban J connectivity index is 1.75. The zero-order valence-electron chi connectivity index (χ0n) is 17.3. The van der Waals surface area contributed by atoms with E-state index in [4.69, 9.17) is 18.9 Å². The Morgan fingerprint density at radius 3 is 2.86 bits per heavy atom. The number of esters is 1. The topological polar surface area (TPSA) is 64.8 Å². The Kier molecular flexibility index (Phi) is 6.73. The van der Waals surface area contributed by atoms with Crippen molar-refractivity contribution in [2.75, 3.05) is 20.3 Å². The standard InChI is InChI=1S/C22H30N2O4/c1-5-27-21(25)13-18-8-6-7-11-24(18)14-19-16(3)28-22(23-19)17-9-10-20(26-4)15(2)12-17/h9-10,12,18H,5-8,11,13-14H2,1-4H3. The summed E-state index contributed by atoms with van der Waals surface area (Å²) >= 11 is 0. The molecule has 1 atom stereocenters. The lowest BCUT2D eigenvalue weighted by molar-refractivity contribution is -0.145. The van der Waals surface area contributed by atoms with E-state index in [9.17, 15) is 4.79 Å². The van der Waals surface area contributed by atoms with Gasteiger partial charge in [-0.15, -0.1) is 0 Å². The number of piperidine rings is 1. The van der Waals surface area contributed by atoms with Gasteiger partial charge in [0.2, 0.25) is 5.89 Å². The molecule has 0 aliphatic carbocycles. The molecule has 1 fully saturated rings. The minimum Gasteiger partial charge on any atom is -0.496 e. The third-order valence-electron chi connectivity index (χ3n) is 5.34. The number of nitrogens with zero attached hydrogens (tertiary/aromatic N) is 2. The number of benzene rings is 1. The van der Waals surface area contributed by atoms with Crippen LogP contribution >= 0.6 is 0 Å².